The van der Waals surface area contributed by atoms with Crippen LogP contribution in [0.4, 0.5) is 0 Å². The fraction of sp³-hybridized carbons (Fsp3) is 0.400. The van der Waals surface area contributed by atoms with Crippen molar-refractivity contribution in [1.82, 2.24) is 0 Å². The van der Waals surface area contributed by atoms with Crippen LogP contribution in [0, 0.1) is 0 Å². The molecule has 61 heavy (non-hydrogen) atoms. The number of methoxy groups -OCH3 is 2. The normalized spacial score (nSPS) is 25.0. The molecule has 9 nitrogen and oxygen atoms in total. The summed E-state index contributed by atoms with van der Waals surface area (Å²) >= 11 is 0. The molecule has 2 heterocycles. The molecule has 11 heteroatoms. The molecule has 0 amide bonds. The molecular formula is C50H56O9S2. The van der Waals surface area contributed by atoms with Gasteiger partial charge in [-0.2, -0.15) is 0 Å². The number of fused-ring (bicyclic) bond motifs is 6. The van der Waals surface area contributed by atoms with Crippen LogP contribution in [0.15, 0.2) is 118 Å². The van der Waals surface area contributed by atoms with Crippen LogP contribution in [0.25, 0.3) is 0 Å². The maximum Gasteiger partial charge on any atom is 0.209 e. The van der Waals surface area contributed by atoms with Gasteiger partial charge in [0.05, 0.1) is 29.9 Å². The van der Waals surface area contributed by atoms with Gasteiger partial charge in [0, 0.05) is 10.3 Å². The molecule has 0 bridgehead atoms. The molecule has 4 aromatic rings. The molecule has 0 N–H and O–H groups in total. The molecule has 1 spiro atoms. The van der Waals surface area contributed by atoms with E-state index in [-0.39, 0.29) is 32.1 Å². The Bertz CT molecular complexity index is 2640. The van der Waals surface area contributed by atoms with Crippen LogP contribution in [0.1, 0.15) is 103 Å². The molecule has 0 radical (unpaired) electrons. The zero-order valence-corrected chi connectivity index (χ0v) is 38.4. The van der Waals surface area contributed by atoms with Crippen LogP contribution >= 0.6 is 0 Å². The molecule has 5 atom stereocenters. The van der Waals surface area contributed by atoms with Gasteiger partial charge in [-0.25, -0.2) is 8.42 Å². The Hall–Kier alpha value is -5.00. The smallest absolute Gasteiger partial charge is 0.209 e. The van der Waals surface area contributed by atoms with Gasteiger partial charge in [0.2, 0.25) is 9.84 Å². The monoisotopic (exact) mass is 864 g/mol. The van der Waals surface area contributed by atoms with Crippen LogP contribution in [0.5, 0.6) is 34.5 Å². The lowest BCUT2D eigenvalue weighted by Gasteiger charge is -2.49. The first-order valence-corrected chi connectivity index (χ1v) is 23.5. The van der Waals surface area contributed by atoms with Crippen molar-refractivity contribution < 1.29 is 41.0 Å². The number of hydrogen-bond acceptors (Lipinski definition) is 9. The van der Waals surface area contributed by atoms with Gasteiger partial charge in [0.25, 0.3) is 0 Å². The van der Waals surface area contributed by atoms with E-state index >= 15 is 0 Å². The second-order valence-electron chi connectivity index (χ2n) is 18.4. The number of ether oxygens (including phenoxy) is 6. The van der Waals surface area contributed by atoms with Crippen LogP contribution in [0.3, 0.4) is 0 Å². The number of rotatable bonds is 11. The molecule has 2 aliphatic carbocycles. The number of sulfone groups is 1. The lowest BCUT2D eigenvalue weighted by atomic mass is 9.72. The van der Waals surface area contributed by atoms with E-state index in [0.717, 1.165) is 48.3 Å². The van der Waals surface area contributed by atoms with Crippen LogP contribution < -0.4 is 28.4 Å². The van der Waals surface area contributed by atoms with Gasteiger partial charge < -0.3 is 28.4 Å². The highest BCUT2D eigenvalue weighted by Gasteiger charge is 2.59. The molecule has 0 aromatic heterocycles. The minimum absolute atomic E-state index is 0.0154. The highest BCUT2D eigenvalue weighted by molar-refractivity contribution is 7.95. The summed E-state index contributed by atoms with van der Waals surface area (Å²) in [6, 6.07) is 21.3. The number of hydrogen-bond donors (Lipinski definition) is 0. The van der Waals surface area contributed by atoms with Crippen molar-refractivity contribution >= 4 is 20.6 Å². The van der Waals surface area contributed by atoms with E-state index in [4.69, 9.17) is 28.4 Å². The van der Waals surface area contributed by atoms with Crippen LogP contribution in [-0.2, 0) is 36.9 Å². The summed E-state index contributed by atoms with van der Waals surface area (Å²) in [7, 11) is -3.00. The summed E-state index contributed by atoms with van der Waals surface area (Å²) in [5.74, 6) is 3.20. The average molecular weight is 865 g/mol. The van der Waals surface area contributed by atoms with E-state index in [1.807, 2.05) is 12.1 Å². The first kappa shape index (κ1) is 42.7. The maximum atomic E-state index is 14.4. The minimum atomic E-state index is -4.27. The van der Waals surface area contributed by atoms with Crippen molar-refractivity contribution in [2.24, 2.45) is 0 Å². The topological polar surface area (TPSA) is 107 Å². The fourth-order valence-corrected chi connectivity index (χ4v) is 12.5. The van der Waals surface area contributed by atoms with E-state index in [2.05, 4.69) is 80.7 Å². The molecule has 0 fully saturated rings. The quantitative estimate of drug-likeness (QED) is 0.136. The molecule has 4 aliphatic rings. The van der Waals surface area contributed by atoms with Gasteiger partial charge in [0.15, 0.2) is 34.5 Å². The first-order chi connectivity index (χ1) is 28.7. The molecule has 2 aliphatic heterocycles. The molecule has 4 aromatic carbocycles. The Morgan fingerprint density at radius 3 is 1.64 bits per heavy atom. The Balaban J connectivity index is 1.28. The summed E-state index contributed by atoms with van der Waals surface area (Å²) in [6.07, 6.45) is 4.68. The Labute approximate surface area is 363 Å². The van der Waals surface area contributed by atoms with Gasteiger partial charge in [0.1, 0.15) is 32.9 Å². The van der Waals surface area contributed by atoms with Gasteiger partial charge in [-0.15, -0.1) is 6.58 Å². The van der Waals surface area contributed by atoms with Crippen molar-refractivity contribution in [3.8, 4) is 34.5 Å². The van der Waals surface area contributed by atoms with Crippen molar-refractivity contribution in [2.45, 2.75) is 124 Å². The van der Waals surface area contributed by atoms with Crippen molar-refractivity contribution in [1.29, 1.82) is 0 Å². The zero-order chi connectivity index (χ0) is 44.1. The van der Waals surface area contributed by atoms with Crippen LogP contribution in [-0.4, -0.2) is 43.3 Å². The van der Waals surface area contributed by atoms with E-state index in [9.17, 15) is 12.6 Å². The molecule has 8 rings (SSSR count). The van der Waals surface area contributed by atoms with Crippen LogP contribution in [0.2, 0.25) is 0 Å². The minimum Gasteiger partial charge on any atom is -0.497 e. The average Bonchev–Trinajstić information content (AvgIpc) is 3.60. The standard InChI is InChI=1S/C50H56O9S2/c1-13-43(60(51)33-20-16-31(54-11)17-21-33)45-44(30(4)61(52,53)34-22-18-32(55-12)19-23-34)56-40-26-37-35(24-39(40)57-45)46(5,6)28-50(37)29-47(7,8)36-25-41-42(27-38(36)50)59-49(10,15-3)48(9,14-2)58-41/h13,16-27,43H,1,4,14-15,28-29H2,2-3,5-12H3. The lowest BCUT2D eigenvalue weighted by Crippen LogP contribution is -2.59. The van der Waals surface area contributed by atoms with Gasteiger partial charge in [-0.3, -0.25) is 4.21 Å². The van der Waals surface area contributed by atoms with Crippen molar-refractivity contribution in [3.05, 3.63) is 131 Å². The highest BCUT2D eigenvalue weighted by atomic mass is 32.2. The molecular weight excluding hydrogens is 809 g/mol. The molecule has 0 saturated heterocycles. The van der Waals surface area contributed by atoms with Gasteiger partial charge in [-0.1, -0.05) is 54.2 Å². The third kappa shape index (κ3) is 6.51. The van der Waals surface area contributed by atoms with E-state index in [1.165, 1.54) is 36.4 Å². The summed E-state index contributed by atoms with van der Waals surface area (Å²) in [6.45, 7) is 25.7. The largest absolute Gasteiger partial charge is 0.497 e. The molecule has 322 valence electrons. The van der Waals surface area contributed by atoms with Crippen molar-refractivity contribution in [3.63, 3.8) is 0 Å². The van der Waals surface area contributed by atoms with E-state index in [0.29, 0.717) is 27.9 Å². The third-order valence-corrected chi connectivity index (χ3v) is 17.2. The summed E-state index contributed by atoms with van der Waals surface area (Å²) in [5, 5.41) is -1.02. The lowest BCUT2D eigenvalue weighted by molar-refractivity contribution is -0.125. The van der Waals surface area contributed by atoms with E-state index in [1.54, 1.807) is 43.5 Å². The third-order valence-electron chi connectivity index (χ3n) is 13.9. The second-order valence-corrected chi connectivity index (χ2v) is 21.9. The second kappa shape index (κ2) is 14.5. The predicted octanol–water partition coefficient (Wildman–Crippen LogP) is 10.8. The highest BCUT2D eigenvalue weighted by Crippen LogP contribution is 2.66. The Kier molecular flexibility index (Phi) is 10.2. The van der Waals surface area contributed by atoms with E-state index < -0.39 is 42.5 Å². The van der Waals surface area contributed by atoms with Crippen molar-refractivity contribution in [2.75, 3.05) is 14.2 Å². The SMILES string of the molecule is C=CC(C1=C(C(=C)S(=O)(=O)c2ccc(OC)cc2)Oc2cc3c(cc2O1)C(C)(C)CC31CC(C)(C)c2cc3c(cc21)OC(C)(CC)C(C)(CC)O3)S(=O)c1ccc(OC)cc1. The summed E-state index contributed by atoms with van der Waals surface area (Å²) in [5.41, 5.74) is 2.55. The fourth-order valence-electron chi connectivity index (χ4n) is 10.1. The zero-order valence-electron chi connectivity index (χ0n) is 36.8. The first-order valence-electron chi connectivity index (χ1n) is 20.8. The van der Waals surface area contributed by atoms with Gasteiger partial charge >= 0.3 is 0 Å². The number of benzene rings is 4. The Morgan fingerprint density at radius 1 is 0.721 bits per heavy atom. The summed E-state index contributed by atoms with van der Waals surface area (Å²) in [4.78, 5) is 0.102. The maximum absolute atomic E-state index is 14.4. The summed E-state index contributed by atoms with van der Waals surface area (Å²) < 4.78 is 81.2. The Morgan fingerprint density at radius 2 is 1.16 bits per heavy atom. The molecule has 5 unspecified atom stereocenters. The molecule has 0 saturated carbocycles. The predicted molar refractivity (Wildman–Crippen MR) is 239 cm³/mol. The van der Waals surface area contributed by atoms with Gasteiger partial charge in [-0.05, 0) is 145 Å².